The standard InChI is InChI=1S/C9H18N2O3/c1-14-7-6-10-2-4-11(5-3-10)8-9(12)13/h2-8H2,1H3,(H,12,13). The predicted molar refractivity (Wildman–Crippen MR) is 52.4 cm³/mol. The molecule has 1 rings (SSSR count). The summed E-state index contributed by atoms with van der Waals surface area (Å²) in [7, 11) is 1.70. The summed E-state index contributed by atoms with van der Waals surface area (Å²) < 4.78 is 4.99. The van der Waals surface area contributed by atoms with Crippen LogP contribution in [0.15, 0.2) is 0 Å². The number of carbonyl (C=O) groups is 1. The highest BCUT2D eigenvalue weighted by atomic mass is 16.5. The Morgan fingerprint density at radius 1 is 1.29 bits per heavy atom. The highest BCUT2D eigenvalue weighted by molar-refractivity contribution is 5.69. The van der Waals surface area contributed by atoms with E-state index in [1.165, 1.54) is 0 Å². The topological polar surface area (TPSA) is 53.0 Å². The quantitative estimate of drug-likeness (QED) is 0.641. The number of hydrogen-bond donors (Lipinski definition) is 1. The third kappa shape index (κ3) is 4.04. The molecular formula is C9H18N2O3. The van der Waals surface area contributed by atoms with Gasteiger partial charge in [-0.1, -0.05) is 0 Å². The van der Waals surface area contributed by atoms with Crippen molar-refractivity contribution in [1.82, 2.24) is 9.80 Å². The van der Waals surface area contributed by atoms with Crippen molar-refractivity contribution in [2.24, 2.45) is 0 Å². The van der Waals surface area contributed by atoms with Crippen LogP contribution in [-0.2, 0) is 9.53 Å². The molecule has 0 radical (unpaired) electrons. The first-order valence-electron chi connectivity index (χ1n) is 4.88. The van der Waals surface area contributed by atoms with Gasteiger partial charge in [-0.25, -0.2) is 0 Å². The summed E-state index contributed by atoms with van der Waals surface area (Å²) in [6.45, 7) is 5.42. The fourth-order valence-corrected chi connectivity index (χ4v) is 1.58. The number of carboxylic acid groups (broad SMARTS) is 1. The van der Waals surface area contributed by atoms with Gasteiger partial charge in [0.2, 0.25) is 0 Å². The number of rotatable bonds is 5. The second-order valence-electron chi connectivity index (χ2n) is 3.50. The molecule has 0 aromatic carbocycles. The van der Waals surface area contributed by atoms with Gasteiger partial charge in [0.05, 0.1) is 13.2 Å². The van der Waals surface area contributed by atoms with Gasteiger partial charge in [-0.05, 0) is 0 Å². The first-order valence-corrected chi connectivity index (χ1v) is 4.88. The lowest BCUT2D eigenvalue weighted by Crippen LogP contribution is -2.48. The number of nitrogens with zero attached hydrogens (tertiary/aromatic N) is 2. The van der Waals surface area contributed by atoms with Crippen LogP contribution in [0.1, 0.15) is 0 Å². The van der Waals surface area contributed by atoms with Crippen LogP contribution in [0.25, 0.3) is 0 Å². The maximum atomic E-state index is 10.4. The second-order valence-corrected chi connectivity index (χ2v) is 3.50. The van der Waals surface area contributed by atoms with E-state index in [0.717, 1.165) is 39.3 Å². The SMILES string of the molecule is COCCN1CCN(CC(=O)O)CC1. The van der Waals surface area contributed by atoms with Crippen LogP contribution in [0.5, 0.6) is 0 Å². The molecule has 5 heteroatoms. The van der Waals surface area contributed by atoms with Crippen molar-refractivity contribution in [3.05, 3.63) is 0 Å². The number of aliphatic carboxylic acids is 1. The Morgan fingerprint density at radius 3 is 2.36 bits per heavy atom. The van der Waals surface area contributed by atoms with E-state index in [0.29, 0.717) is 0 Å². The zero-order valence-corrected chi connectivity index (χ0v) is 8.61. The smallest absolute Gasteiger partial charge is 0.317 e. The van der Waals surface area contributed by atoms with Crippen molar-refractivity contribution in [2.75, 3.05) is 53.0 Å². The average molecular weight is 202 g/mol. The minimum atomic E-state index is -0.740. The van der Waals surface area contributed by atoms with Crippen LogP contribution >= 0.6 is 0 Å². The van der Waals surface area contributed by atoms with E-state index in [1.54, 1.807) is 7.11 Å². The molecule has 14 heavy (non-hydrogen) atoms. The Balaban J connectivity index is 2.14. The molecule has 0 saturated carbocycles. The van der Waals surface area contributed by atoms with Gasteiger partial charge in [0.1, 0.15) is 0 Å². The molecule has 0 bridgehead atoms. The Bertz CT molecular complexity index is 179. The summed E-state index contributed by atoms with van der Waals surface area (Å²) in [5.74, 6) is -0.740. The van der Waals surface area contributed by atoms with Gasteiger partial charge < -0.3 is 9.84 Å². The Morgan fingerprint density at radius 2 is 1.86 bits per heavy atom. The van der Waals surface area contributed by atoms with E-state index in [4.69, 9.17) is 9.84 Å². The summed E-state index contributed by atoms with van der Waals surface area (Å²) >= 11 is 0. The summed E-state index contributed by atoms with van der Waals surface area (Å²) in [5.41, 5.74) is 0. The van der Waals surface area contributed by atoms with Crippen molar-refractivity contribution in [1.29, 1.82) is 0 Å². The molecule has 1 N–H and O–H groups in total. The van der Waals surface area contributed by atoms with Crippen LogP contribution in [-0.4, -0.2) is 73.9 Å². The largest absolute Gasteiger partial charge is 0.480 e. The van der Waals surface area contributed by atoms with E-state index in [1.807, 2.05) is 4.90 Å². The maximum Gasteiger partial charge on any atom is 0.317 e. The normalized spacial score (nSPS) is 19.8. The highest BCUT2D eigenvalue weighted by Gasteiger charge is 2.17. The van der Waals surface area contributed by atoms with E-state index < -0.39 is 5.97 Å². The molecule has 0 amide bonds. The summed E-state index contributed by atoms with van der Waals surface area (Å²) in [5, 5.41) is 8.60. The zero-order valence-electron chi connectivity index (χ0n) is 8.61. The van der Waals surface area contributed by atoms with Crippen LogP contribution in [0.2, 0.25) is 0 Å². The lowest BCUT2D eigenvalue weighted by molar-refractivity contribution is -0.138. The molecule has 0 aromatic rings. The molecule has 0 atom stereocenters. The Kier molecular flexibility index (Phi) is 4.86. The molecule has 5 nitrogen and oxygen atoms in total. The minimum absolute atomic E-state index is 0.165. The Labute approximate surface area is 84.2 Å². The number of carboxylic acids is 1. The number of ether oxygens (including phenoxy) is 1. The van der Waals surface area contributed by atoms with Crippen LogP contribution in [0.3, 0.4) is 0 Å². The van der Waals surface area contributed by atoms with Crippen molar-refractivity contribution < 1.29 is 14.6 Å². The van der Waals surface area contributed by atoms with E-state index in [2.05, 4.69) is 4.90 Å². The van der Waals surface area contributed by atoms with Crippen molar-refractivity contribution in [3.8, 4) is 0 Å². The number of hydrogen-bond acceptors (Lipinski definition) is 4. The van der Waals surface area contributed by atoms with Gasteiger partial charge in [0.25, 0.3) is 0 Å². The average Bonchev–Trinajstić information content (AvgIpc) is 2.16. The third-order valence-corrected chi connectivity index (χ3v) is 2.44. The van der Waals surface area contributed by atoms with Crippen molar-refractivity contribution in [2.45, 2.75) is 0 Å². The second kappa shape index (κ2) is 5.95. The zero-order chi connectivity index (χ0) is 10.4. The summed E-state index contributed by atoms with van der Waals surface area (Å²) in [4.78, 5) is 14.7. The van der Waals surface area contributed by atoms with E-state index in [-0.39, 0.29) is 6.54 Å². The fourth-order valence-electron chi connectivity index (χ4n) is 1.58. The van der Waals surface area contributed by atoms with Gasteiger partial charge in [-0.2, -0.15) is 0 Å². The fraction of sp³-hybridized carbons (Fsp3) is 0.889. The van der Waals surface area contributed by atoms with Crippen molar-refractivity contribution in [3.63, 3.8) is 0 Å². The molecule has 1 aliphatic rings. The molecule has 0 unspecified atom stereocenters. The van der Waals surface area contributed by atoms with E-state index in [9.17, 15) is 4.79 Å². The monoisotopic (exact) mass is 202 g/mol. The molecule has 0 spiro atoms. The van der Waals surface area contributed by atoms with Gasteiger partial charge in [-0.15, -0.1) is 0 Å². The lowest BCUT2D eigenvalue weighted by atomic mass is 10.3. The van der Waals surface area contributed by atoms with Gasteiger partial charge in [0.15, 0.2) is 0 Å². The van der Waals surface area contributed by atoms with Crippen LogP contribution in [0, 0.1) is 0 Å². The summed E-state index contributed by atoms with van der Waals surface area (Å²) in [6.07, 6.45) is 0. The molecule has 0 aromatic heterocycles. The maximum absolute atomic E-state index is 10.4. The molecular weight excluding hydrogens is 184 g/mol. The molecule has 1 saturated heterocycles. The minimum Gasteiger partial charge on any atom is -0.480 e. The van der Waals surface area contributed by atoms with Crippen LogP contribution in [0.4, 0.5) is 0 Å². The highest BCUT2D eigenvalue weighted by Crippen LogP contribution is 2.00. The lowest BCUT2D eigenvalue weighted by Gasteiger charge is -2.33. The molecule has 1 heterocycles. The van der Waals surface area contributed by atoms with Gasteiger partial charge >= 0.3 is 5.97 Å². The first-order chi connectivity index (χ1) is 6.72. The van der Waals surface area contributed by atoms with Crippen LogP contribution < -0.4 is 0 Å². The Hall–Kier alpha value is -0.650. The van der Waals surface area contributed by atoms with Crippen molar-refractivity contribution >= 4 is 5.97 Å². The summed E-state index contributed by atoms with van der Waals surface area (Å²) in [6, 6.07) is 0. The predicted octanol–water partition coefficient (Wildman–Crippen LogP) is -0.665. The third-order valence-electron chi connectivity index (χ3n) is 2.44. The first kappa shape index (κ1) is 11.4. The molecule has 1 aliphatic heterocycles. The number of methoxy groups -OCH3 is 1. The number of piperazine rings is 1. The molecule has 0 aliphatic carbocycles. The van der Waals surface area contributed by atoms with E-state index >= 15 is 0 Å². The molecule has 1 fully saturated rings. The van der Waals surface area contributed by atoms with Gasteiger partial charge in [-0.3, -0.25) is 14.6 Å². The van der Waals surface area contributed by atoms with Gasteiger partial charge in [0, 0.05) is 39.8 Å². The molecule has 82 valence electrons.